The molecular formula is C30H30FN5O2. The van der Waals surface area contributed by atoms with Crippen molar-refractivity contribution in [1.82, 2.24) is 25.1 Å². The van der Waals surface area contributed by atoms with E-state index in [0.29, 0.717) is 34.7 Å². The van der Waals surface area contributed by atoms with E-state index in [-0.39, 0.29) is 5.82 Å². The fourth-order valence-electron chi connectivity index (χ4n) is 5.12. The Kier molecular flexibility index (Phi) is 6.41. The van der Waals surface area contributed by atoms with Gasteiger partial charge in [0, 0.05) is 30.8 Å². The molecule has 8 heteroatoms. The van der Waals surface area contributed by atoms with E-state index in [0.717, 1.165) is 40.2 Å². The van der Waals surface area contributed by atoms with Gasteiger partial charge in [0.05, 0.1) is 7.11 Å². The van der Waals surface area contributed by atoms with Crippen molar-refractivity contribution in [3.63, 3.8) is 0 Å². The van der Waals surface area contributed by atoms with Gasteiger partial charge in [-0.1, -0.05) is 24.6 Å². The number of hydrogen-bond donors (Lipinski definition) is 1. The fourth-order valence-corrected chi connectivity index (χ4v) is 5.12. The molecular weight excluding hydrogens is 481 g/mol. The normalized spacial score (nSPS) is 14.5. The molecule has 7 nitrogen and oxygen atoms in total. The average Bonchev–Trinajstić information content (AvgIpc) is 3.52. The number of aryl methyl sites for hydroxylation is 1. The van der Waals surface area contributed by atoms with Crippen molar-refractivity contribution in [2.75, 3.05) is 7.11 Å². The van der Waals surface area contributed by atoms with Gasteiger partial charge in [0.2, 0.25) is 5.89 Å². The summed E-state index contributed by atoms with van der Waals surface area (Å²) in [5.74, 6) is 2.18. The van der Waals surface area contributed by atoms with Crippen LogP contribution in [0.4, 0.5) is 4.39 Å². The van der Waals surface area contributed by atoms with Crippen LogP contribution < -0.4 is 10.1 Å². The number of fused-ring (bicyclic) bond motifs is 1. The highest BCUT2D eigenvalue weighted by molar-refractivity contribution is 5.85. The molecule has 5 aromatic rings. The maximum Gasteiger partial charge on any atom is 0.227 e. The number of aromatic nitrogens is 4. The Balaban J connectivity index is 1.34. The molecule has 0 amide bonds. The standard InChI is InChI=1S/C30H30FN5O2/c1-18(20-6-4-7-20)32-16-19-12-26-28(27(13-19)37-3)38-30(34-26)22-9-5-8-21(14-22)24-11-10-23(31)15-25(24)29-35-33-17-36(29)2/h5,8-15,17-18,20,32H,4,6-7,16H2,1-3H3/t18-/m0/s1. The number of methoxy groups -OCH3 is 1. The Labute approximate surface area is 220 Å². The van der Waals surface area contributed by atoms with E-state index in [1.807, 2.05) is 37.4 Å². The Bertz CT molecular complexity index is 1600. The summed E-state index contributed by atoms with van der Waals surface area (Å²) in [6.07, 6.45) is 5.55. The molecule has 0 aliphatic heterocycles. The molecule has 3 aromatic carbocycles. The molecule has 2 aromatic heterocycles. The van der Waals surface area contributed by atoms with Gasteiger partial charge in [0.15, 0.2) is 17.2 Å². The number of rotatable bonds is 8. The summed E-state index contributed by atoms with van der Waals surface area (Å²) in [4.78, 5) is 4.82. The molecule has 1 aliphatic carbocycles. The quantitative estimate of drug-likeness (QED) is 0.260. The Hall–Kier alpha value is -4.04. The zero-order valence-corrected chi connectivity index (χ0v) is 21.7. The van der Waals surface area contributed by atoms with Crippen LogP contribution in [0.3, 0.4) is 0 Å². The van der Waals surface area contributed by atoms with Gasteiger partial charge in [-0.25, -0.2) is 9.37 Å². The molecule has 1 saturated carbocycles. The number of oxazole rings is 1. The number of nitrogens with zero attached hydrogens (tertiary/aromatic N) is 4. The van der Waals surface area contributed by atoms with E-state index >= 15 is 0 Å². The first-order valence-electron chi connectivity index (χ1n) is 13.0. The molecule has 194 valence electrons. The van der Waals surface area contributed by atoms with E-state index in [1.165, 1.54) is 31.4 Å². The first kappa shape index (κ1) is 24.3. The van der Waals surface area contributed by atoms with Crippen molar-refractivity contribution < 1.29 is 13.5 Å². The van der Waals surface area contributed by atoms with Crippen molar-refractivity contribution in [2.45, 2.75) is 38.8 Å². The molecule has 0 radical (unpaired) electrons. The first-order chi connectivity index (χ1) is 18.5. The number of hydrogen-bond acceptors (Lipinski definition) is 6. The van der Waals surface area contributed by atoms with E-state index in [2.05, 4.69) is 28.5 Å². The minimum Gasteiger partial charge on any atom is -0.493 e. The summed E-state index contributed by atoms with van der Waals surface area (Å²) in [5, 5.41) is 11.8. The summed E-state index contributed by atoms with van der Waals surface area (Å²) >= 11 is 0. The molecule has 38 heavy (non-hydrogen) atoms. The lowest BCUT2D eigenvalue weighted by molar-refractivity contribution is 0.240. The van der Waals surface area contributed by atoms with Gasteiger partial charge in [-0.05, 0) is 78.8 Å². The third-order valence-corrected chi connectivity index (χ3v) is 7.58. The minimum atomic E-state index is -0.332. The molecule has 1 N–H and O–H groups in total. The van der Waals surface area contributed by atoms with Crippen molar-refractivity contribution in [2.24, 2.45) is 13.0 Å². The first-order valence-corrected chi connectivity index (χ1v) is 13.0. The summed E-state index contributed by atoms with van der Waals surface area (Å²) in [5.41, 5.74) is 5.68. The van der Waals surface area contributed by atoms with Crippen LogP contribution in [0.15, 0.2) is 65.3 Å². The second kappa shape index (κ2) is 10.0. The van der Waals surface area contributed by atoms with Crippen LogP contribution in [0.25, 0.3) is 45.1 Å². The highest BCUT2D eigenvalue weighted by Gasteiger charge is 2.23. The Morgan fingerprint density at radius 3 is 2.68 bits per heavy atom. The smallest absolute Gasteiger partial charge is 0.227 e. The maximum absolute atomic E-state index is 14.2. The molecule has 0 spiro atoms. The maximum atomic E-state index is 14.2. The second-order valence-corrected chi connectivity index (χ2v) is 10.1. The van der Waals surface area contributed by atoms with Crippen molar-refractivity contribution in [1.29, 1.82) is 0 Å². The zero-order valence-electron chi connectivity index (χ0n) is 21.7. The van der Waals surface area contributed by atoms with Crippen LogP contribution in [-0.4, -0.2) is 32.9 Å². The monoisotopic (exact) mass is 511 g/mol. The molecule has 0 unspecified atom stereocenters. The van der Waals surface area contributed by atoms with Crippen molar-refractivity contribution in [3.8, 4) is 39.7 Å². The number of benzene rings is 3. The lowest BCUT2D eigenvalue weighted by atomic mass is 9.80. The van der Waals surface area contributed by atoms with Gasteiger partial charge in [0.25, 0.3) is 0 Å². The van der Waals surface area contributed by atoms with Gasteiger partial charge in [-0.15, -0.1) is 10.2 Å². The molecule has 2 heterocycles. The second-order valence-electron chi connectivity index (χ2n) is 10.1. The Morgan fingerprint density at radius 2 is 1.95 bits per heavy atom. The summed E-state index contributed by atoms with van der Waals surface area (Å²) in [6, 6.07) is 17.1. The SMILES string of the molecule is COc1cc(CN[C@@H](C)C2CCC2)cc2nc(-c3cccc(-c4ccc(F)cc4-c4nncn4C)c3)oc12. The molecule has 1 atom stereocenters. The van der Waals surface area contributed by atoms with Crippen molar-refractivity contribution in [3.05, 3.63) is 72.3 Å². The lowest BCUT2D eigenvalue weighted by Crippen LogP contribution is -2.36. The topological polar surface area (TPSA) is 78.0 Å². The van der Waals surface area contributed by atoms with E-state index in [9.17, 15) is 4.39 Å². The van der Waals surface area contributed by atoms with Crippen molar-refractivity contribution >= 4 is 11.1 Å². The zero-order chi connectivity index (χ0) is 26.2. The van der Waals surface area contributed by atoms with Gasteiger partial charge in [0.1, 0.15) is 17.7 Å². The summed E-state index contributed by atoms with van der Waals surface area (Å²) < 4.78 is 27.9. The average molecular weight is 512 g/mol. The Morgan fingerprint density at radius 1 is 1.11 bits per heavy atom. The molecule has 0 bridgehead atoms. The number of halogens is 1. The molecule has 1 aliphatic rings. The van der Waals surface area contributed by atoms with E-state index in [1.54, 1.807) is 24.1 Å². The minimum absolute atomic E-state index is 0.332. The van der Waals surface area contributed by atoms with Crippen LogP contribution in [0.1, 0.15) is 31.7 Å². The van der Waals surface area contributed by atoms with E-state index < -0.39 is 0 Å². The largest absolute Gasteiger partial charge is 0.493 e. The van der Waals surface area contributed by atoms with Crippen LogP contribution in [0, 0.1) is 11.7 Å². The molecule has 6 rings (SSSR count). The third-order valence-electron chi connectivity index (χ3n) is 7.58. The lowest BCUT2D eigenvalue weighted by Gasteiger charge is -2.32. The van der Waals surface area contributed by atoms with Crippen LogP contribution >= 0.6 is 0 Å². The van der Waals surface area contributed by atoms with Crippen LogP contribution in [0.2, 0.25) is 0 Å². The van der Waals surface area contributed by atoms with Gasteiger partial charge in [-0.2, -0.15) is 0 Å². The van der Waals surface area contributed by atoms with E-state index in [4.69, 9.17) is 14.1 Å². The summed E-state index contributed by atoms with van der Waals surface area (Å²) in [7, 11) is 3.48. The van der Waals surface area contributed by atoms with Crippen LogP contribution in [0.5, 0.6) is 5.75 Å². The molecule has 1 fully saturated rings. The predicted octanol–water partition coefficient (Wildman–Crippen LogP) is 6.38. The van der Waals surface area contributed by atoms with Crippen LogP contribution in [-0.2, 0) is 13.6 Å². The highest BCUT2D eigenvalue weighted by Crippen LogP contribution is 2.36. The predicted molar refractivity (Wildman–Crippen MR) is 145 cm³/mol. The third kappa shape index (κ3) is 4.56. The molecule has 0 saturated heterocycles. The van der Waals surface area contributed by atoms with Gasteiger partial charge in [-0.3, -0.25) is 0 Å². The van der Waals surface area contributed by atoms with Gasteiger partial charge < -0.3 is 19.0 Å². The summed E-state index contributed by atoms with van der Waals surface area (Å²) in [6.45, 7) is 3.01. The van der Waals surface area contributed by atoms with Gasteiger partial charge >= 0.3 is 0 Å². The number of nitrogens with one attached hydrogen (secondary N) is 1. The highest BCUT2D eigenvalue weighted by atomic mass is 19.1. The number of ether oxygens (including phenoxy) is 1. The fraction of sp³-hybridized carbons (Fsp3) is 0.300.